The Morgan fingerprint density at radius 1 is 1.29 bits per heavy atom. The second-order valence-corrected chi connectivity index (χ2v) is 8.99. The summed E-state index contributed by atoms with van der Waals surface area (Å²) in [6.07, 6.45) is -0.532. The van der Waals surface area contributed by atoms with Gasteiger partial charge in [0.15, 0.2) is 10.9 Å². The summed E-state index contributed by atoms with van der Waals surface area (Å²) in [5.41, 5.74) is 0.669. The number of anilines is 2. The maximum Gasteiger partial charge on any atom is 0.251 e. The van der Waals surface area contributed by atoms with Crippen molar-refractivity contribution in [3.05, 3.63) is 16.4 Å². The van der Waals surface area contributed by atoms with Crippen LogP contribution in [-0.4, -0.2) is 29.5 Å². The maximum atomic E-state index is 14.7. The van der Waals surface area contributed by atoms with Gasteiger partial charge in [-0.1, -0.05) is 11.3 Å². The van der Waals surface area contributed by atoms with Crippen LogP contribution in [0, 0.1) is 5.82 Å². The van der Waals surface area contributed by atoms with Gasteiger partial charge in [-0.3, -0.25) is 0 Å². The van der Waals surface area contributed by atoms with Crippen LogP contribution in [0.1, 0.15) is 33.6 Å². The lowest BCUT2D eigenvalue weighted by molar-refractivity contribution is -0.0221. The third-order valence-corrected chi connectivity index (χ3v) is 5.34. The van der Waals surface area contributed by atoms with Crippen LogP contribution in [0.15, 0.2) is 10.5 Å². The molecule has 1 N–H and O–H groups in total. The SMILES string of the molecule is CC(C)(C)Nc1nc2c(N3CCC(F)(F)CC3)c(F)c(Br)cc2s1. The molecule has 3 rings (SSSR count). The summed E-state index contributed by atoms with van der Waals surface area (Å²) in [6, 6.07) is 1.69. The number of rotatable bonds is 2. The van der Waals surface area contributed by atoms with E-state index in [-0.39, 0.29) is 31.5 Å². The first-order chi connectivity index (χ1) is 11.1. The molecule has 0 atom stereocenters. The van der Waals surface area contributed by atoms with E-state index in [9.17, 15) is 13.2 Å². The molecule has 2 aromatic rings. The van der Waals surface area contributed by atoms with Crippen LogP contribution in [-0.2, 0) is 0 Å². The van der Waals surface area contributed by atoms with Crippen LogP contribution in [0.4, 0.5) is 24.0 Å². The molecule has 1 aromatic heterocycles. The van der Waals surface area contributed by atoms with Gasteiger partial charge < -0.3 is 10.2 Å². The Labute approximate surface area is 151 Å². The molecule has 3 nitrogen and oxygen atoms in total. The van der Waals surface area contributed by atoms with Crippen molar-refractivity contribution in [2.24, 2.45) is 0 Å². The highest BCUT2D eigenvalue weighted by molar-refractivity contribution is 9.10. The molecule has 24 heavy (non-hydrogen) atoms. The van der Waals surface area contributed by atoms with E-state index in [0.717, 1.165) is 4.70 Å². The Kier molecular flexibility index (Phi) is 4.49. The maximum absolute atomic E-state index is 14.7. The van der Waals surface area contributed by atoms with Crippen molar-refractivity contribution in [3.63, 3.8) is 0 Å². The summed E-state index contributed by atoms with van der Waals surface area (Å²) < 4.78 is 42.7. The van der Waals surface area contributed by atoms with Crippen LogP contribution < -0.4 is 10.2 Å². The average Bonchev–Trinajstić information content (AvgIpc) is 2.80. The molecule has 1 aliphatic rings. The lowest BCUT2D eigenvalue weighted by Gasteiger charge is -2.33. The molecule has 1 saturated heterocycles. The molecule has 0 spiro atoms. The Morgan fingerprint density at radius 2 is 1.92 bits per heavy atom. The Bertz CT molecular complexity index is 760. The summed E-state index contributed by atoms with van der Waals surface area (Å²) in [5, 5.41) is 3.98. The molecule has 0 unspecified atom stereocenters. The van der Waals surface area contributed by atoms with E-state index in [1.807, 2.05) is 20.8 Å². The molecular weight excluding hydrogens is 403 g/mol. The Morgan fingerprint density at radius 3 is 2.50 bits per heavy atom. The molecule has 0 aliphatic carbocycles. The van der Waals surface area contributed by atoms with Crippen LogP contribution in [0.25, 0.3) is 10.2 Å². The van der Waals surface area contributed by atoms with Gasteiger partial charge in [-0.05, 0) is 42.8 Å². The molecule has 0 bridgehead atoms. The lowest BCUT2D eigenvalue weighted by Crippen LogP contribution is -2.39. The van der Waals surface area contributed by atoms with E-state index in [4.69, 9.17) is 0 Å². The molecule has 1 fully saturated rings. The van der Waals surface area contributed by atoms with Crippen LogP contribution in [0.2, 0.25) is 0 Å². The number of nitrogens with zero attached hydrogens (tertiary/aromatic N) is 2. The van der Waals surface area contributed by atoms with Crippen molar-refractivity contribution in [3.8, 4) is 0 Å². The zero-order valence-electron chi connectivity index (χ0n) is 13.7. The molecule has 1 aromatic carbocycles. The molecule has 0 amide bonds. The fraction of sp³-hybridized carbons (Fsp3) is 0.562. The van der Waals surface area contributed by atoms with Crippen molar-refractivity contribution in [1.29, 1.82) is 0 Å². The predicted octanol–water partition coefficient (Wildman–Crippen LogP) is 5.64. The minimum Gasteiger partial charge on any atom is -0.367 e. The number of alkyl halides is 2. The Balaban J connectivity index is 2.04. The minimum absolute atomic E-state index is 0.120. The van der Waals surface area contributed by atoms with Crippen molar-refractivity contribution in [1.82, 2.24) is 4.98 Å². The Hall–Kier alpha value is -1.02. The van der Waals surface area contributed by atoms with E-state index in [0.29, 0.717) is 20.8 Å². The van der Waals surface area contributed by atoms with Crippen LogP contribution >= 0.6 is 27.3 Å². The van der Waals surface area contributed by atoms with Crippen LogP contribution in [0.3, 0.4) is 0 Å². The highest BCUT2D eigenvalue weighted by Crippen LogP contribution is 2.41. The molecule has 8 heteroatoms. The number of nitrogens with one attached hydrogen (secondary N) is 1. The lowest BCUT2D eigenvalue weighted by atomic mass is 10.1. The molecular formula is C16H19BrF3N3S. The molecule has 0 radical (unpaired) electrons. The predicted molar refractivity (Wildman–Crippen MR) is 97.0 cm³/mol. The number of aromatic nitrogens is 1. The summed E-state index contributed by atoms with van der Waals surface area (Å²) >= 11 is 4.67. The van der Waals surface area contributed by atoms with Gasteiger partial charge in [-0.25, -0.2) is 18.2 Å². The van der Waals surface area contributed by atoms with Gasteiger partial charge in [0.1, 0.15) is 11.2 Å². The summed E-state index contributed by atoms with van der Waals surface area (Å²) in [5.74, 6) is -3.11. The van der Waals surface area contributed by atoms with E-state index in [1.54, 1.807) is 11.0 Å². The summed E-state index contributed by atoms with van der Waals surface area (Å²) in [4.78, 5) is 6.21. The van der Waals surface area contributed by atoms with Crippen molar-refractivity contribution in [2.75, 3.05) is 23.3 Å². The topological polar surface area (TPSA) is 28.2 Å². The standard InChI is InChI=1S/C16H19BrF3N3S/c1-15(2,3)22-14-21-12-10(24-14)8-9(17)11(18)13(12)23-6-4-16(19,20)5-7-23/h8H,4-7H2,1-3H3,(H,21,22). The van der Waals surface area contributed by atoms with Gasteiger partial charge in [-0.15, -0.1) is 0 Å². The van der Waals surface area contributed by atoms with E-state index in [1.165, 1.54) is 11.3 Å². The van der Waals surface area contributed by atoms with Gasteiger partial charge in [-0.2, -0.15) is 0 Å². The highest BCUT2D eigenvalue weighted by atomic mass is 79.9. The monoisotopic (exact) mass is 421 g/mol. The van der Waals surface area contributed by atoms with E-state index < -0.39 is 11.7 Å². The summed E-state index contributed by atoms with van der Waals surface area (Å²) in [6.45, 7) is 6.29. The number of fused-ring (bicyclic) bond motifs is 1. The van der Waals surface area contributed by atoms with Crippen LogP contribution in [0.5, 0.6) is 0 Å². The number of benzene rings is 1. The molecule has 1 aliphatic heterocycles. The second kappa shape index (κ2) is 6.05. The largest absolute Gasteiger partial charge is 0.367 e. The van der Waals surface area contributed by atoms with E-state index in [2.05, 4.69) is 26.2 Å². The number of hydrogen-bond acceptors (Lipinski definition) is 4. The van der Waals surface area contributed by atoms with E-state index >= 15 is 0 Å². The number of piperidine rings is 1. The van der Waals surface area contributed by atoms with Gasteiger partial charge in [0.25, 0.3) is 5.92 Å². The van der Waals surface area contributed by atoms with Crippen molar-refractivity contribution in [2.45, 2.75) is 45.1 Å². The molecule has 0 saturated carbocycles. The fourth-order valence-electron chi connectivity index (χ4n) is 2.72. The number of thiazole rings is 1. The number of halogens is 4. The normalized spacial score (nSPS) is 18.2. The molecule has 132 valence electrons. The summed E-state index contributed by atoms with van der Waals surface area (Å²) in [7, 11) is 0. The third-order valence-electron chi connectivity index (χ3n) is 3.85. The third kappa shape index (κ3) is 3.64. The van der Waals surface area contributed by atoms with Gasteiger partial charge >= 0.3 is 0 Å². The zero-order chi connectivity index (χ0) is 17.7. The second-order valence-electron chi connectivity index (χ2n) is 7.10. The minimum atomic E-state index is -2.67. The number of hydrogen-bond donors (Lipinski definition) is 1. The quantitative estimate of drug-likeness (QED) is 0.679. The fourth-order valence-corrected chi connectivity index (χ4v) is 4.40. The molecule has 2 heterocycles. The zero-order valence-corrected chi connectivity index (χ0v) is 16.1. The van der Waals surface area contributed by atoms with Gasteiger partial charge in [0, 0.05) is 31.5 Å². The average molecular weight is 422 g/mol. The van der Waals surface area contributed by atoms with Crippen molar-refractivity contribution < 1.29 is 13.2 Å². The van der Waals surface area contributed by atoms with Gasteiger partial charge in [0.05, 0.1) is 9.17 Å². The van der Waals surface area contributed by atoms with Crippen molar-refractivity contribution >= 4 is 48.3 Å². The first-order valence-corrected chi connectivity index (χ1v) is 9.36. The first-order valence-electron chi connectivity index (χ1n) is 7.75. The smallest absolute Gasteiger partial charge is 0.251 e. The highest BCUT2D eigenvalue weighted by Gasteiger charge is 2.36. The first kappa shape index (κ1) is 17.8. The van der Waals surface area contributed by atoms with Gasteiger partial charge in [0.2, 0.25) is 0 Å².